The summed E-state index contributed by atoms with van der Waals surface area (Å²) in [5, 5.41) is 3.28. The van der Waals surface area contributed by atoms with Gasteiger partial charge in [-0.3, -0.25) is 0 Å². The molecule has 0 radical (unpaired) electrons. The summed E-state index contributed by atoms with van der Waals surface area (Å²) in [6.45, 7) is 2.00. The van der Waals surface area contributed by atoms with Gasteiger partial charge in [-0.1, -0.05) is 30.3 Å². The van der Waals surface area contributed by atoms with Gasteiger partial charge in [0.25, 0.3) is 0 Å². The monoisotopic (exact) mass is 241 g/mol. The minimum Gasteiger partial charge on any atom is -0.310 e. The third-order valence-corrected chi connectivity index (χ3v) is 3.03. The number of aryl methyl sites for hydroxylation is 2. The summed E-state index contributed by atoms with van der Waals surface area (Å²) in [7, 11) is 1.96. The molecule has 94 valence electrons. The quantitative estimate of drug-likeness (QED) is 0.874. The Labute approximate surface area is 108 Å². The van der Waals surface area contributed by atoms with Crippen molar-refractivity contribution in [1.29, 1.82) is 0 Å². The predicted octanol–water partition coefficient (Wildman–Crippen LogP) is 2.68. The van der Waals surface area contributed by atoms with Crippen molar-refractivity contribution in [2.75, 3.05) is 7.05 Å². The fraction of sp³-hybridized carbons (Fsp3) is 0.333. The van der Waals surface area contributed by atoms with Crippen LogP contribution in [0.4, 0.5) is 0 Å². The van der Waals surface area contributed by atoms with Gasteiger partial charge in [-0.25, -0.2) is 9.97 Å². The minimum absolute atomic E-state index is 0.214. The number of rotatable bonds is 5. The summed E-state index contributed by atoms with van der Waals surface area (Å²) < 4.78 is 0. The zero-order valence-electron chi connectivity index (χ0n) is 10.9. The molecule has 0 bridgehead atoms. The highest BCUT2D eigenvalue weighted by Crippen LogP contribution is 2.15. The molecule has 0 aliphatic carbocycles. The first kappa shape index (κ1) is 12.7. The van der Waals surface area contributed by atoms with Gasteiger partial charge in [0.15, 0.2) is 0 Å². The van der Waals surface area contributed by atoms with Gasteiger partial charge < -0.3 is 5.32 Å². The van der Waals surface area contributed by atoms with Crippen molar-refractivity contribution in [3.05, 3.63) is 59.7 Å². The molecule has 2 rings (SSSR count). The van der Waals surface area contributed by atoms with Gasteiger partial charge in [0.2, 0.25) is 0 Å². The topological polar surface area (TPSA) is 37.8 Å². The number of benzene rings is 1. The van der Waals surface area contributed by atoms with Gasteiger partial charge in [-0.05, 0) is 37.9 Å². The van der Waals surface area contributed by atoms with E-state index in [0.29, 0.717) is 0 Å². The van der Waals surface area contributed by atoms with Gasteiger partial charge in [0, 0.05) is 12.4 Å². The van der Waals surface area contributed by atoms with Gasteiger partial charge in [0.1, 0.15) is 5.82 Å². The van der Waals surface area contributed by atoms with Crippen LogP contribution in [0.2, 0.25) is 0 Å². The van der Waals surface area contributed by atoms with E-state index in [4.69, 9.17) is 0 Å². The first-order valence-electron chi connectivity index (χ1n) is 6.29. The Balaban J connectivity index is 1.99. The molecule has 3 heteroatoms. The Morgan fingerprint density at radius 1 is 1.11 bits per heavy atom. The molecule has 2 aromatic rings. The number of nitrogens with one attached hydrogen (secondary N) is 1. The van der Waals surface area contributed by atoms with Crippen molar-refractivity contribution in [3.8, 4) is 0 Å². The molecule has 18 heavy (non-hydrogen) atoms. The molecule has 0 spiro atoms. The van der Waals surface area contributed by atoms with Gasteiger partial charge >= 0.3 is 0 Å². The molecule has 0 saturated heterocycles. The summed E-state index contributed by atoms with van der Waals surface area (Å²) in [6.07, 6.45) is 5.78. The Morgan fingerprint density at radius 3 is 2.39 bits per heavy atom. The largest absolute Gasteiger partial charge is 0.310 e. The lowest BCUT2D eigenvalue weighted by Gasteiger charge is -2.14. The van der Waals surface area contributed by atoms with E-state index >= 15 is 0 Å². The van der Waals surface area contributed by atoms with Gasteiger partial charge in [-0.15, -0.1) is 0 Å². The maximum absolute atomic E-state index is 4.39. The Kier molecular flexibility index (Phi) is 4.42. The number of hydrogen-bond donors (Lipinski definition) is 1. The van der Waals surface area contributed by atoms with Crippen molar-refractivity contribution < 1.29 is 0 Å². The molecular weight excluding hydrogens is 222 g/mol. The van der Waals surface area contributed by atoms with Crippen LogP contribution in [0.25, 0.3) is 0 Å². The highest BCUT2D eigenvalue weighted by atomic mass is 15.0. The van der Waals surface area contributed by atoms with Crippen molar-refractivity contribution in [1.82, 2.24) is 15.3 Å². The summed E-state index contributed by atoms with van der Waals surface area (Å²) in [6, 6.07) is 10.7. The Morgan fingerprint density at radius 2 is 1.78 bits per heavy atom. The molecule has 1 atom stereocenters. The average molecular weight is 241 g/mol. The zero-order valence-corrected chi connectivity index (χ0v) is 10.9. The molecule has 1 aromatic carbocycles. The second-order valence-electron chi connectivity index (χ2n) is 4.48. The van der Waals surface area contributed by atoms with Gasteiger partial charge in [-0.2, -0.15) is 0 Å². The molecule has 3 nitrogen and oxygen atoms in total. The van der Waals surface area contributed by atoms with Crippen LogP contribution >= 0.6 is 0 Å². The van der Waals surface area contributed by atoms with Crippen LogP contribution in [0.3, 0.4) is 0 Å². The van der Waals surface area contributed by atoms with Crippen LogP contribution in [0.1, 0.15) is 29.4 Å². The molecule has 1 N–H and O–H groups in total. The van der Waals surface area contributed by atoms with Gasteiger partial charge in [0.05, 0.1) is 6.04 Å². The van der Waals surface area contributed by atoms with Crippen LogP contribution in [0.5, 0.6) is 0 Å². The summed E-state index contributed by atoms with van der Waals surface area (Å²) in [5.74, 6) is 0.874. The molecule has 1 aromatic heterocycles. The Hall–Kier alpha value is -1.74. The molecule has 1 heterocycles. The van der Waals surface area contributed by atoms with Crippen molar-refractivity contribution in [3.63, 3.8) is 0 Å². The first-order valence-corrected chi connectivity index (χ1v) is 6.29. The van der Waals surface area contributed by atoms with E-state index in [9.17, 15) is 0 Å². The molecule has 0 aliphatic rings. The normalized spacial score (nSPS) is 12.3. The number of aromatic nitrogens is 2. The number of nitrogens with zero attached hydrogens (tertiary/aromatic N) is 2. The van der Waals surface area contributed by atoms with E-state index in [1.807, 2.05) is 32.4 Å². The fourth-order valence-electron chi connectivity index (χ4n) is 1.94. The van der Waals surface area contributed by atoms with E-state index in [1.54, 1.807) is 0 Å². The summed E-state index contributed by atoms with van der Waals surface area (Å²) in [5.41, 5.74) is 2.45. The highest BCUT2D eigenvalue weighted by Gasteiger charge is 2.11. The lowest BCUT2D eigenvalue weighted by atomic mass is 10.0. The zero-order chi connectivity index (χ0) is 12.8. The van der Waals surface area contributed by atoms with Crippen LogP contribution in [-0.4, -0.2) is 17.0 Å². The molecule has 0 fully saturated rings. The maximum atomic E-state index is 4.39. The second kappa shape index (κ2) is 6.26. The smallest absolute Gasteiger partial charge is 0.145 e. The lowest BCUT2D eigenvalue weighted by Crippen LogP contribution is -2.19. The summed E-state index contributed by atoms with van der Waals surface area (Å²) in [4.78, 5) is 8.78. The molecule has 0 saturated carbocycles. The van der Waals surface area contributed by atoms with E-state index < -0.39 is 0 Å². The summed E-state index contributed by atoms with van der Waals surface area (Å²) >= 11 is 0. The molecule has 0 amide bonds. The van der Waals surface area contributed by atoms with Crippen LogP contribution in [-0.2, 0) is 6.42 Å². The second-order valence-corrected chi connectivity index (χ2v) is 4.48. The van der Waals surface area contributed by atoms with Crippen LogP contribution < -0.4 is 5.32 Å². The first-order chi connectivity index (χ1) is 8.79. The molecule has 1 unspecified atom stereocenters. The third kappa shape index (κ3) is 3.37. The third-order valence-electron chi connectivity index (χ3n) is 3.03. The highest BCUT2D eigenvalue weighted by molar-refractivity contribution is 5.15. The van der Waals surface area contributed by atoms with Crippen molar-refractivity contribution in [2.45, 2.75) is 25.8 Å². The Bertz CT molecular complexity index is 465. The van der Waals surface area contributed by atoms with Crippen molar-refractivity contribution in [2.24, 2.45) is 0 Å². The fourth-order valence-corrected chi connectivity index (χ4v) is 1.94. The minimum atomic E-state index is 0.214. The van der Waals surface area contributed by atoms with E-state index in [2.05, 4.69) is 39.6 Å². The van der Waals surface area contributed by atoms with E-state index in [0.717, 1.165) is 24.2 Å². The maximum Gasteiger partial charge on any atom is 0.145 e. The number of hydrogen-bond acceptors (Lipinski definition) is 3. The van der Waals surface area contributed by atoms with Crippen molar-refractivity contribution >= 4 is 0 Å². The standard InChI is InChI=1S/C15H19N3/c1-12-10-17-15(18-11-12)14(16-2)9-8-13-6-4-3-5-7-13/h3-7,10-11,14,16H,8-9H2,1-2H3. The predicted molar refractivity (Wildman–Crippen MR) is 73.3 cm³/mol. The average Bonchev–Trinajstić information content (AvgIpc) is 2.42. The molecular formula is C15H19N3. The van der Waals surface area contributed by atoms with Crippen LogP contribution in [0.15, 0.2) is 42.7 Å². The molecule has 0 aliphatic heterocycles. The van der Waals surface area contributed by atoms with Crippen LogP contribution in [0, 0.1) is 6.92 Å². The van der Waals surface area contributed by atoms with E-state index in [-0.39, 0.29) is 6.04 Å². The lowest BCUT2D eigenvalue weighted by molar-refractivity contribution is 0.520. The van der Waals surface area contributed by atoms with E-state index in [1.165, 1.54) is 5.56 Å². The SMILES string of the molecule is CNC(CCc1ccccc1)c1ncc(C)cn1.